The third kappa shape index (κ3) is 8.04. The van der Waals surface area contributed by atoms with Crippen molar-refractivity contribution >= 4 is 25.5 Å². The first kappa shape index (κ1) is 35.6. The molecule has 0 bridgehead atoms. The van der Waals surface area contributed by atoms with Gasteiger partial charge in [-0.15, -0.1) is 0 Å². The number of hydrogen-bond donors (Lipinski definition) is 10. The zero-order valence-electron chi connectivity index (χ0n) is 21.9. The molecule has 0 aromatic carbocycles. The van der Waals surface area contributed by atoms with E-state index in [1.807, 2.05) is 0 Å². The Morgan fingerprint density at radius 3 is 2.58 bits per heavy atom. The van der Waals surface area contributed by atoms with E-state index in [2.05, 4.69) is 14.8 Å². The number of halogens is 1. The maximum absolute atomic E-state index is 12.9. The van der Waals surface area contributed by atoms with Crippen molar-refractivity contribution in [2.45, 2.75) is 59.2 Å². The number of amides is 1. The number of aliphatic carboxylic acids is 1. The number of nitrogens with one attached hydrogen (secondary N) is 1. The Balaban J connectivity index is 1.88. The average molecular weight is 755 g/mol. The van der Waals surface area contributed by atoms with Crippen LogP contribution in [0.4, 0.5) is 5.82 Å². The van der Waals surface area contributed by atoms with Crippen LogP contribution in [-0.2, 0) is 32.7 Å². The fourth-order valence-electron chi connectivity index (χ4n) is 4.43. The van der Waals surface area contributed by atoms with Crippen LogP contribution in [0.1, 0.15) is 12.6 Å². The fraction of sp³-hybridized carbons (Fsp3) is 0.700. The molecule has 1 aromatic rings. The predicted molar refractivity (Wildman–Crippen MR) is 129 cm³/mol. The number of nitrogens with zero attached hydrogens (tertiary/aromatic N) is 2. The molecule has 0 spiro atoms. The Morgan fingerprint density at radius 1 is 1.35 bits per heavy atom. The molecule has 43 heavy (non-hydrogen) atoms. The molecular weight excluding hydrogens is 724 g/mol. The maximum atomic E-state index is 12.9. The van der Waals surface area contributed by atoms with Gasteiger partial charge in [-0.05, 0) is 6.07 Å². The predicted octanol–water partition coefficient (Wildman–Crippen LogP) is -9.76. The molecule has 2 aliphatic rings. The van der Waals surface area contributed by atoms with Crippen molar-refractivity contribution in [3.63, 3.8) is 0 Å². The Hall–Kier alpha value is -1.90. The number of ether oxygens (including phenoxy) is 2. The summed E-state index contributed by atoms with van der Waals surface area (Å²) < 4.78 is 42.2. The van der Waals surface area contributed by atoms with Crippen LogP contribution in [0, 0.1) is 5.92 Å². The van der Waals surface area contributed by atoms with Crippen LogP contribution in [0.3, 0.4) is 0 Å². The van der Waals surface area contributed by atoms with Crippen LogP contribution in [0.2, 0.25) is 0 Å². The van der Waals surface area contributed by atoms with E-state index in [0.717, 1.165) is 12.3 Å². The van der Waals surface area contributed by atoms with E-state index >= 15 is 0 Å². The third-order valence-electron chi connectivity index (χ3n) is 6.56. The monoisotopic (exact) mass is 755 g/mol. The number of carboxylic acids is 1. The summed E-state index contributed by atoms with van der Waals surface area (Å²) in [6.07, 6.45) is -13.4. The Bertz CT molecular complexity index is 1260. The first-order valence-electron chi connectivity index (χ1n) is 12.3. The van der Waals surface area contributed by atoms with Crippen molar-refractivity contribution in [1.29, 1.82) is 0 Å². The van der Waals surface area contributed by atoms with E-state index in [1.54, 1.807) is 0 Å². The molecule has 2 fully saturated rings. The van der Waals surface area contributed by atoms with Crippen molar-refractivity contribution < 1.29 is 93.3 Å². The molecule has 0 aliphatic carbocycles. The van der Waals surface area contributed by atoms with E-state index in [1.165, 1.54) is 0 Å². The van der Waals surface area contributed by atoms with Crippen molar-refractivity contribution in [3.05, 3.63) is 22.7 Å². The van der Waals surface area contributed by atoms with Crippen LogP contribution < -0.4 is 49.0 Å². The summed E-state index contributed by atoms with van der Waals surface area (Å²) in [5.41, 5.74) is 9.61. The van der Waals surface area contributed by atoms with Crippen molar-refractivity contribution in [2.24, 2.45) is 11.7 Å². The van der Waals surface area contributed by atoms with Crippen LogP contribution in [0.5, 0.6) is 0 Å². The zero-order chi connectivity index (χ0) is 32.3. The van der Waals surface area contributed by atoms with Crippen molar-refractivity contribution in [1.82, 2.24) is 14.9 Å². The molecular formula is C20H31IN5O16P-2. The summed E-state index contributed by atoms with van der Waals surface area (Å²) in [7, 11) is -5.95. The summed E-state index contributed by atoms with van der Waals surface area (Å²) in [4.78, 5) is 52.5. The van der Waals surface area contributed by atoms with Gasteiger partial charge in [0.15, 0.2) is 0 Å². The Labute approximate surface area is 252 Å². The number of phosphoric acid groups is 1. The second-order valence-electron chi connectivity index (χ2n) is 9.44. The van der Waals surface area contributed by atoms with E-state index < -0.39 is 132 Å². The molecule has 21 nitrogen and oxygen atoms in total. The summed E-state index contributed by atoms with van der Waals surface area (Å²) >= 11 is -2.09. The van der Waals surface area contributed by atoms with Crippen LogP contribution >= 0.6 is 7.82 Å². The number of rotatable bonds is 13. The molecule has 2 saturated heterocycles. The van der Waals surface area contributed by atoms with Gasteiger partial charge in [0.1, 0.15) is 5.82 Å². The van der Waals surface area contributed by atoms with Gasteiger partial charge >= 0.3 is 225 Å². The molecule has 1 amide bonds. The number of nitrogen functional groups attached to an aromatic ring is 1. The standard InChI is InChI=1S/C20H32IN5O16P/c22-4-11(30)24-5-7-8(28)3-20(18(33)34,40-15(7)12(21-36)9(29)6-27)42-43(37,38)41-17-14(32)13(31)16(39-17)26-2-1-10(23)25-19(26)35/h1-2,7-9,12-17,27-29,31-32,36H,3-6,22H2,(H,24,30)(H,33,34)(H,37,38)(H2,23,25,35)/q-1/p-1/t7-,8?,9-,12?,13+,14-,15?,16-,17-,20-/m1/s1. The summed E-state index contributed by atoms with van der Waals surface area (Å²) in [5.74, 6) is -7.52. The minimum atomic E-state index is -5.95. The number of alkyl halides is 1. The number of nitrogens with two attached hydrogens (primary N) is 2. The van der Waals surface area contributed by atoms with Gasteiger partial charge in [-0.25, -0.2) is 4.79 Å². The van der Waals surface area contributed by atoms with Gasteiger partial charge in [0.25, 0.3) is 0 Å². The molecule has 0 saturated carbocycles. The first-order chi connectivity index (χ1) is 20.1. The van der Waals surface area contributed by atoms with Gasteiger partial charge in [-0.2, -0.15) is 4.98 Å². The van der Waals surface area contributed by atoms with E-state index in [-0.39, 0.29) is 5.82 Å². The van der Waals surface area contributed by atoms with Crippen LogP contribution in [0.25, 0.3) is 0 Å². The van der Waals surface area contributed by atoms with E-state index in [4.69, 9.17) is 25.5 Å². The molecule has 3 rings (SSSR count). The number of aliphatic hydroxyl groups excluding tert-OH is 5. The SMILES string of the molecule is NCC(=O)NC[C@@H]1C(O)C[C@@](OP(=O)([O-])O[C@H]2O[C@@H](n3ccc(N)nc3=O)[C@@H](O)[C@H]2O)(C(=O)O)OC1C([I-]O)[C@H](O)CO. The van der Waals surface area contributed by atoms with Gasteiger partial charge in [-0.1, -0.05) is 0 Å². The number of aliphatic hydroxyl groups is 5. The van der Waals surface area contributed by atoms with Gasteiger partial charge in [0.05, 0.1) is 0 Å². The van der Waals surface area contributed by atoms with Crippen molar-refractivity contribution in [3.8, 4) is 0 Å². The zero-order valence-corrected chi connectivity index (χ0v) is 24.9. The van der Waals surface area contributed by atoms with Gasteiger partial charge < -0.3 is 5.73 Å². The first-order valence-corrected chi connectivity index (χ1v) is 15.9. The fourth-order valence-corrected chi connectivity index (χ4v) is 7.05. The molecule has 4 unspecified atom stereocenters. The molecule has 12 N–H and O–H groups in total. The van der Waals surface area contributed by atoms with Crippen molar-refractivity contribution in [2.75, 3.05) is 25.4 Å². The molecule has 3 heterocycles. The Kier molecular flexibility index (Phi) is 12.0. The number of hydrogen-bond acceptors (Lipinski definition) is 18. The minimum absolute atomic E-state index is 0.187. The normalized spacial score (nSPS) is 33.9. The van der Waals surface area contributed by atoms with Gasteiger partial charge in [0.2, 0.25) is 0 Å². The summed E-state index contributed by atoms with van der Waals surface area (Å²) in [6, 6.07) is 1.14. The van der Waals surface area contributed by atoms with E-state index in [9.17, 15) is 57.9 Å². The number of carbonyl (C=O) groups is 2. The molecule has 1 aromatic heterocycles. The quantitative estimate of drug-likeness (QED) is 0.0507. The molecule has 2 aliphatic heterocycles. The average Bonchev–Trinajstić information content (AvgIpc) is 3.19. The molecule has 246 valence electrons. The van der Waals surface area contributed by atoms with Crippen LogP contribution in [0.15, 0.2) is 17.1 Å². The second kappa shape index (κ2) is 14.5. The molecule has 0 radical (unpaired) electrons. The van der Waals surface area contributed by atoms with Gasteiger partial charge in [-0.3, -0.25) is 0 Å². The summed E-state index contributed by atoms with van der Waals surface area (Å²) in [6.45, 7) is -1.83. The van der Waals surface area contributed by atoms with Gasteiger partial charge in [0, 0.05) is 0 Å². The topological polar surface area (TPSA) is 352 Å². The molecule has 23 heteroatoms. The third-order valence-corrected chi connectivity index (χ3v) is 9.73. The van der Waals surface area contributed by atoms with E-state index in [0.29, 0.717) is 4.57 Å². The summed E-state index contributed by atoms with van der Waals surface area (Å²) in [5, 5.41) is 63.5. The number of carbonyl (C=O) groups excluding carboxylic acids is 1. The number of phosphoric ester groups is 1. The second-order valence-corrected chi connectivity index (χ2v) is 12.7. The number of anilines is 1. The molecule has 11 atom stereocenters. The number of aromatic nitrogens is 2. The van der Waals surface area contributed by atoms with Crippen LogP contribution in [-0.4, -0.2) is 122 Å². The number of carboxylic acid groups (broad SMARTS) is 1. The Morgan fingerprint density at radius 2 is 2.02 bits per heavy atom.